The molecule has 0 unspecified atom stereocenters. The van der Waals surface area contributed by atoms with Gasteiger partial charge in [0.1, 0.15) is 11.5 Å². The van der Waals surface area contributed by atoms with Crippen molar-refractivity contribution in [1.29, 1.82) is 0 Å². The zero-order valence-corrected chi connectivity index (χ0v) is 20.2. The highest BCUT2D eigenvalue weighted by Crippen LogP contribution is 2.23. The normalized spacial score (nSPS) is 10.8. The monoisotopic (exact) mass is 445 g/mol. The maximum absolute atomic E-state index is 5.92. The smallest absolute Gasteiger partial charge is 0.137 e. The molecule has 0 bridgehead atoms. The van der Waals surface area contributed by atoms with Crippen LogP contribution in [0.3, 0.4) is 0 Å². The van der Waals surface area contributed by atoms with Crippen molar-refractivity contribution in [2.75, 3.05) is 13.2 Å². The van der Waals surface area contributed by atoms with Gasteiger partial charge in [0.05, 0.1) is 19.4 Å². The highest BCUT2D eigenvalue weighted by Gasteiger charge is 2.00. The second kappa shape index (κ2) is 15.1. The summed E-state index contributed by atoms with van der Waals surface area (Å²) in [6, 6.07) is 21.0. The number of unbranched alkanes of at least 4 members (excludes halogenated alkanes) is 9. The third-order valence-corrected chi connectivity index (χ3v) is 5.95. The summed E-state index contributed by atoms with van der Waals surface area (Å²) in [5.41, 5.74) is 3.78. The number of hydrogen-bond acceptors (Lipinski definition) is 3. The van der Waals surface area contributed by atoms with Gasteiger partial charge in [0.15, 0.2) is 0 Å². The van der Waals surface area contributed by atoms with Gasteiger partial charge in [-0.3, -0.25) is 4.98 Å². The molecule has 0 N–H and O–H groups in total. The van der Waals surface area contributed by atoms with Crippen molar-refractivity contribution < 1.29 is 9.47 Å². The molecule has 3 nitrogen and oxygen atoms in total. The van der Waals surface area contributed by atoms with Gasteiger partial charge in [-0.05, 0) is 55.2 Å². The van der Waals surface area contributed by atoms with E-state index < -0.39 is 0 Å². The first-order chi connectivity index (χ1) is 16.3. The Morgan fingerprint density at radius 1 is 0.545 bits per heavy atom. The fourth-order valence-electron chi connectivity index (χ4n) is 3.92. The van der Waals surface area contributed by atoms with Gasteiger partial charge in [-0.1, -0.05) is 93.3 Å². The molecule has 1 heterocycles. The van der Waals surface area contributed by atoms with Gasteiger partial charge in [0.2, 0.25) is 0 Å². The third kappa shape index (κ3) is 10.1. The van der Waals surface area contributed by atoms with Gasteiger partial charge in [0.25, 0.3) is 0 Å². The van der Waals surface area contributed by atoms with Crippen molar-refractivity contribution in [3.05, 3.63) is 78.6 Å². The van der Waals surface area contributed by atoms with Gasteiger partial charge >= 0.3 is 0 Å². The standard InChI is InChI=1S/C30H39NO2/c1-26-14-16-27(17-15-26)28-18-20-29(21-19-28)32-23-10-8-6-4-2-3-5-7-9-11-24-33-30-13-12-22-31-25-30/h12-22,25H,2-11,23-24H2,1H3. The minimum atomic E-state index is 0.796. The van der Waals surface area contributed by atoms with Crippen molar-refractivity contribution in [1.82, 2.24) is 4.98 Å². The number of hydrogen-bond donors (Lipinski definition) is 0. The number of nitrogens with zero attached hydrogens (tertiary/aromatic N) is 1. The average Bonchev–Trinajstić information content (AvgIpc) is 2.86. The molecule has 0 radical (unpaired) electrons. The summed E-state index contributed by atoms with van der Waals surface area (Å²) >= 11 is 0. The summed E-state index contributed by atoms with van der Waals surface area (Å²) in [6.45, 7) is 3.72. The lowest BCUT2D eigenvalue weighted by molar-refractivity contribution is 0.302. The third-order valence-electron chi connectivity index (χ3n) is 5.95. The highest BCUT2D eigenvalue weighted by molar-refractivity contribution is 5.64. The van der Waals surface area contributed by atoms with Crippen LogP contribution in [0.2, 0.25) is 0 Å². The number of ether oxygens (including phenoxy) is 2. The molecule has 33 heavy (non-hydrogen) atoms. The predicted octanol–water partition coefficient (Wildman–Crippen LogP) is 8.42. The molecule has 0 aliphatic carbocycles. The minimum Gasteiger partial charge on any atom is -0.494 e. The molecular weight excluding hydrogens is 406 g/mol. The molecule has 0 saturated carbocycles. The van der Waals surface area contributed by atoms with Crippen molar-refractivity contribution in [2.45, 2.75) is 71.1 Å². The first-order valence-corrected chi connectivity index (χ1v) is 12.6. The molecule has 3 heteroatoms. The van der Waals surface area contributed by atoms with Gasteiger partial charge in [-0.2, -0.15) is 0 Å². The summed E-state index contributed by atoms with van der Waals surface area (Å²) in [4.78, 5) is 4.06. The van der Waals surface area contributed by atoms with Crippen LogP contribution in [-0.4, -0.2) is 18.2 Å². The lowest BCUT2D eigenvalue weighted by atomic mass is 10.0. The lowest BCUT2D eigenvalue weighted by Crippen LogP contribution is -1.97. The van der Waals surface area contributed by atoms with Crippen LogP contribution in [0.1, 0.15) is 69.8 Å². The van der Waals surface area contributed by atoms with Crippen LogP contribution >= 0.6 is 0 Å². The number of rotatable bonds is 16. The molecule has 1 aromatic heterocycles. The van der Waals surface area contributed by atoms with Crippen LogP contribution in [0.5, 0.6) is 11.5 Å². The van der Waals surface area contributed by atoms with Crippen LogP contribution in [0.25, 0.3) is 11.1 Å². The SMILES string of the molecule is Cc1ccc(-c2ccc(OCCCCCCCCCCCCOc3cccnc3)cc2)cc1. The lowest BCUT2D eigenvalue weighted by Gasteiger charge is -2.08. The van der Waals surface area contributed by atoms with E-state index in [-0.39, 0.29) is 0 Å². The Balaban J connectivity index is 1.11. The van der Waals surface area contributed by atoms with Gasteiger partial charge in [0, 0.05) is 6.20 Å². The molecule has 0 saturated heterocycles. The summed E-state index contributed by atoms with van der Waals surface area (Å²) in [5, 5.41) is 0. The second-order valence-corrected chi connectivity index (χ2v) is 8.81. The van der Waals surface area contributed by atoms with E-state index in [9.17, 15) is 0 Å². The van der Waals surface area contributed by atoms with Crippen molar-refractivity contribution >= 4 is 0 Å². The number of pyridine rings is 1. The fraction of sp³-hybridized carbons (Fsp3) is 0.433. The Hall–Kier alpha value is -2.81. The van der Waals surface area contributed by atoms with Crippen LogP contribution in [0.4, 0.5) is 0 Å². The molecule has 0 spiro atoms. The van der Waals surface area contributed by atoms with Crippen LogP contribution in [0, 0.1) is 6.92 Å². The molecular formula is C30H39NO2. The molecule has 0 amide bonds. The van der Waals surface area contributed by atoms with E-state index in [1.54, 1.807) is 12.4 Å². The average molecular weight is 446 g/mol. The van der Waals surface area contributed by atoms with Crippen LogP contribution in [-0.2, 0) is 0 Å². The van der Waals surface area contributed by atoms with E-state index in [0.717, 1.165) is 37.6 Å². The van der Waals surface area contributed by atoms with E-state index in [4.69, 9.17) is 9.47 Å². The maximum Gasteiger partial charge on any atom is 0.137 e. The highest BCUT2D eigenvalue weighted by atomic mass is 16.5. The molecule has 3 rings (SSSR count). The van der Waals surface area contributed by atoms with Crippen LogP contribution < -0.4 is 9.47 Å². The molecule has 3 aromatic rings. The van der Waals surface area contributed by atoms with Gasteiger partial charge < -0.3 is 9.47 Å². The van der Waals surface area contributed by atoms with E-state index in [1.807, 2.05) is 12.1 Å². The molecule has 2 aromatic carbocycles. The van der Waals surface area contributed by atoms with E-state index >= 15 is 0 Å². The Bertz CT molecular complexity index is 875. The maximum atomic E-state index is 5.92. The molecule has 0 fully saturated rings. The topological polar surface area (TPSA) is 31.4 Å². The Morgan fingerprint density at radius 3 is 1.55 bits per heavy atom. The Kier molecular flexibility index (Phi) is 11.4. The first-order valence-electron chi connectivity index (χ1n) is 12.6. The van der Waals surface area contributed by atoms with Crippen LogP contribution in [0.15, 0.2) is 73.1 Å². The number of aryl methyl sites for hydroxylation is 1. The minimum absolute atomic E-state index is 0.796. The zero-order valence-electron chi connectivity index (χ0n) is 20.2. The fourth-order valence-corrected chi connectivity index (χ4v) is 3.92. The quantitative estimate of drug-likeness (QED) is 0.207. The van der Waals surface area contributed by atoms with Crippen molar-refractivity contribution in [3.63, 3.8) is 0 Å². The van der Waals surface area contributed by atoms with E-state index in [0.29, 0.717) is 0 Å². The van der Waals surface area contributed by atoms with Crippen molar-refractivity contribution in [3.8, 4) is 22.6 Å². The largest absolute Gasteiger partial charge is 0.494 e. The van der Waals surface area contributed by atoms with Gasteiger partial charge in [-0.25, -0.2) is 0 Å². The second-order valence-electron chi connectivity index (χ2n) is 8.81. The summed E-state index contributed by atoms with van der Waals surface area (Å²) in [7, 11) is 0. The number of aromatic nitrogens is 1. The Morgan fingerprint density at radius 2 is 1.03 bits per heavy atom. The molecule has 0 aliphatic heterocycles. The Labute approximate surface area is 200 Å². The summed E-state index contributed by atoms with van der Waals surface area (Å²) in [5.74, 6) is 1.84. The predicted molar refractivity (Wildman–Crippen MR) is 138 cm³/mol. The summed E-state index contributed by atoms with van der Waals surface area (Å²) in [6.07, 6.45) is 16.3. The zero-order chi connectivity index (χ0) is 23.0. The van der Waals surface area contributed by atoms with Crippen molar-refractivity contribution in [2.24, 2.45) is 0 Å². The molecule has 0 atom stereocenters. The molecule has 0 aliphatic rings. The molecule has 176 valence electrons. The van der Waals surface area contributed by atoms with E-state index in [1.165, 1.54) is 68.1 Å². The van der Waals surface area contributed by atoms with E-state index in [2.05, 4.69) is 60.4 Å². The number of benzene rings is 2. The summed E-state index contributed by atoms with van der Waals surface area (Å²) < 4.78 is 11.6. The van der Waals surface area contributed by atoms with Gasteiger partial charge in [-0.15, -0.1) is 0 Å². The first kappa shape index (κ1) is 24.8.